The van der Waals surface area contributed by atoms with Gasteiger partial charge in [-0.1, -0.05) is 72.7 Å². The highest BCUT2D eigenvalue weighted by Crippen LogP contribution is 2.32. The Labute approximate surface area is 130 Å². The third-order valence-electron chi connectivity index (χ3n) is 4.12. The maximum Gasteiger partial charge on any atom is 0.0399 e. The molecule has 0 nitrogen and oxygen atoms in total. The average molecular weight is 278 g/mol. The van der Waals surface area contributed by atoms with Crippen molar-refractivity contribution in [2.75, 3.05) is 0 Å². The molecule has 4 aromatic carbocycles. The second-order valence-electron chi connectivity index (χ2n) is 5.42. The lowest BCUT2D eigenvalue weighted by Gasteiger charge is -2.10. The summed E-state index contributed by atoms with van der Waals surface area (Å²) in [5, 5.41) is 4.79. The number of terminal acetylenes is 1. The van der Waals surface area contributed by atoms with Crippen molar-refractivity contribution in [2.24, 2.45) is 0 Å². The SMILES string of the molecule is C#Cc1c(-c2ccccc2)ccc2cc3ccccc3cc12. The summed E-state index contributed by atoms with van der Waals surface area (Å²) in [5.41, 5.74) is 3.24. The van der Waals surface area contributed by atoms with E-state index in [1.165, 1.54) is 16.2 Å². The summed E-state index contributed by atoms with van der Waals surface area (Å²) in [4.78, 5) is 0. The highest BCUT2D eigenvalue weighted by atomic mass is 14.1. The van der Waals surface area contributed by atoms with Gasteiger partial charge in [0.2, 0.25) is 0 Å². The van der Waals surface area contributed by atoms with Crippen molar-refractivity contribution in [3.63, 3.8) is 0 Å². The molecule has 0 spiro atoms. The third kappa shape index (κ3) is 1.96. The van der Waals surface area contributed by atoms with E-state index in [-0.39, 0.29) is 0 Å². The van der Waals surface area contributed by atoms with Crippen molar-refractivity contribution in [1.29, 1.82) is 0 Å². The zero-order chi connectivity index (χ0) is 14.9. The van der Waals surface area contributed by atoms with Crippen molar-refractivity contribution in [3.05, 3.63) is 84.4 Å². The van der Waals surface area contributed by atoms with Crippen molar-refractivity contribution >= 4 is 21.5 Å². The maximum absolute atomic E-state index is 5.85. The lowest BCUT2D eigenvalue weighted by Crippen LogP contribution is -1.87. The number of benzene rings is 4. The molecular weight excluding hydrogens is 264 g/mol. The van der Waals surface area contributed by atoms with Crippen LogP contribution in [0.2, 0.25) is 0 Å². The molecule has 4 rings (SSSR count). The quantitative estimate of drug-likeness (QED) is 0.312. The van der Waals surface area contributed by atoms with Crippen molar-refractivity contribution in [2.45, 2.75) is 0 Å². The highest BCUT2D eigenvalue weighted by Gasteiger charge is 2.08. The molecule has 0 bridgehead atoms. The van der Waals surface area contributed by atoms with E-state index in [9.17, 15) is 0 Å². The average Bonchev–Trinajstić information content (AvgIpc) is 2.59. The molecule has 0 radical (unpaired) electrons. The fourth-order valence-corrected chi connectivity index (χ4v) is 3.03. The van der Waals surface area contributed by atoms with Crippen molar-refractivity contribution in [1.82, 2.24) is 0 Å². The van der Waals surface area contributed by atoms with Gasteiger partial charge in [-0.3, -0.25) is 0 Å². The topological polar surface area (TPSA) is 0 Å². The molecule has 0 heteroatoms. The summed E-state index contributed by atoms with van der Waals surface area (Å²) >= 11 is 0. The van der Waals surface area contributed by atoms with E-state index < -0.39 is 0 Å². The van der Waals surface area contributed by atoms with Crippen LogP contribution in [0.15, 0.2) is 78.9 Å². The van der Waals surface area contributed by atoms with Crippen LogP contribution in [0.25, 0.3) is 32.7 Å². The summed E-state index contributed by atoms with van der Waals surface area (Å²) in [6, 6.07) is 27.4. The Bertz CT molecular complexity index is 1020. The van der Waals surface area contributed by atoms with Crippen LogP contribution < -0.4 is 0 Å². The molecule has 0 aromatic heterocycles. The lowest BCUT2D eigenvalue weighted by atomic mass is 9.93. The summed E-state index contributed by atoms with van der Waals surface area (Å²) in [7, 11) is 0. The minimum atomic E-state index is 0.967. The monoisotopic (exact) mass is 278 g/mol. The molecule has 0 aliphatic heterocycles. The van der Waals surface area contributed by atoms with Crippen LogP contribution in [0.3, 0.4) is 0 Å². The summed E-state index contributed by atoms with van der Waals surface area (Å²) in [6.07, 6.45) is 5.85. The fourth-order valence-electron chi connectivity index (χ4n) is 3.03. The van der Waals surface area contributed by atoms with Crippen molar-refractivity contribution in [3.8, 4) is 23.5 Å². The maximum atomic E-state index is 5.85. The zero-order valence-electron chi connectivity index (χ0n) is 12.1. The molecular formula is C22H14. The van der Waals surface area contributed by atoms with Gasteiger partial charge in [0.25, 0.3) is 0 Å². The van der Waals surface area contributed by atoms with Crippen LogP contribution in [-0.2, 0) is 0 Å². The van der Waals surface area contributed by atoms with Crippen LogP contribution >= 0.6 is 0 Å². The Morgan fingerprint density at radius 1 is 0.636 bits per heavy atom. The van der Waals surface area contributed by atoms with Gasteiger partial charge in [0, 0.05) is 5.56 Å². The molecule has 0 aliphatic carbocycles. The van der Waals surface area contributed by atoms with E-state index in [1.54, 1.807) is 0 Å². The molecule has 0 unspecified atom stereocenters. The normalized spacial score (nSPS) is 10.7. The van der Waals surface area contributed by atoms with Crippen LogP contribution in [0.5, 0.6) is 0 Å². The van der Waals surface area contributed by atoms with Crippen LogP contribution in [0.4, 0.5) is 0 Å². The van der Waals surface area contributed by atoms with Gasteiger partial charge in [0.15, 0.2) is 0 Å². The second-order valence-corrected chi connectivity index (χ2v) is 5.42. The Balaban J connectivity index is 2.09. The highest BCUT2D eigenvalue weighted by molar-refractivity contribution is 6.03. The first kappa shape index (κ1) is 12.7. The van der Waals surface area contributed by atoms with E-state index in [0.717, 1.165) is 22.1 Å². The third-order valence-corrected chi connectivity index (χ3v) is 4.12. The molecule has 22 heavy (non-hydrogen) atoms. The van der Waals surface area contributed by atoms with Crippen LogP contribution in [0, 0.1) is 12.3 Å². The minimum absolute atomic E-state index is 0.967. The Hall–Kier alpha value is -3.04. The molecule has 0 aliphatic rings. The smallest absolute Gasteiger partial charge is 0.0399 e. The first-order chi connectivity index (χ1) is 10.9. The molecule has 0 amide bonds. The minimum Gasteiger partial charge on any atom is -0.115 e. The molecule has 4 aromatic rings. The van der Waals surface area contributed by atoms with Crippen LogP contribution in [0.1, 0.15) is 5.56 Å². The van der Waals surface area contributed by atoms with Gasteiger partial charge < -0.3 is 0 Å². The standard InChI is InChI=1S/C22H14/c1-2-20-21(16-8-4-3-5-9-16)13-12-19-14-17-10-6-7-11-18(17)15-22(19)20/h1,3-15H. The summed E-state index contributed by atoms with van der Waals surface area (Å²) in [6.45, 7) is 0. The van der Waals surface area contributed by atoms with Gasteiger partial charge >= 0.3 is 0 Å². The predicted octanol–water partition coefficient (Wildman–Crippen LogP) is 5.64. The molecule has 0 N–H and O–H groups in total. The van der Waals surface area contributed by atoms with Gasteiger partial charge in [0.05, 0.1) is 0 Å². The number of hydrogen-bond acceptors (Lipinski definition) is 0. The second kappa shape index (κ2) is 5.06. The molecule has 0 atom stereocenters. The van der Waals surface area contributed by atoms with Gasteiger partial charge in [-0.2, -0.15) is 0 Å². The molecule has 0 saturated carbocycles. The zero-order valence-corrected chi connectivity index (χ0v) is 12.1. The van der Waals surface area contributed by atoms with Crippen molar-refractivity contribution < 1.29 is 0 Å². The molecule has 102 valence electrons. The molecule has 0 fully saturated rings. The van der Waals surface area contributed by atoms with Gasteiger partial charge in [0.1, 0.15) is 0 Å². The largest absolute Gasteiger partial charge is 0.115 e. The van der Waals surface area contributed by atoms with E-state index >= 15 is 0 Å². The fraction of sp³-hybridized carbons (Fsp3) is 0. The molecule has 0 heterocycles. The van der Waals surface area contributed by atoms with E-state index in [4.69, 9.17) is 6.42 Å². The Morgan fingerprint density at radius 2 is 1.32 bits per heavy atom. The van der Waals surface area contributed by atoms with E-state index in [1.807, 2.05) is 18.2 Å². The number of fused-ring (bicyclic) bond motifs is 2. The Morgan fingerprint density at radius 3 is 2.05 bits per heavy atom. The number of rotatable bonds is 1. The first-order valence-corrected chi connectivity index (χ1v) is 7.34. The Kier molecular flexibility index (Phi) is 2.92. The first-order valence-electron chi connectivity index (χ1n) is 7.34. The van der Waals surface area contributed by atoms with E-state index in [0.29, 0.717) is 0 Å². The molecule has 0 saturated heterocycles. The van der Waals surface area contributed by atoms with Gasteiger partial charge in [-0.15, -0.1) is 6.42 Å². The summed E-state index contributed by atoms with van der Waals surface area (Å²) in [5.74, 6) is 2.90. The van der Waals surface area contributed by atoms with Crippen LogP contribution in [-0.4, -0.2) is 0 Å². The lowest BCUT2D eigenvalue weighted by molar-refractivity contribution is 1.62. The summed E-state index contributed by atoms with van der Waals surface area (Å²) < 4.78 is 0. The van der Waals surface area contributed by atoms with Gasteiger partial charge in [-0.25, -0.2) is 0 Å². The number of hydrogen-bond donors (Lipinski definition) is 0. The van der Waals surface area contributed by atoms with E-state index in [2.05, 4.69) is 66.6 Å². The van der Waals surface area contributed by atoms with Gasteiger partial charge in [-0.05, 0) is 44.8 Å². The predicted molar refractivity (Wildman–Crippen MR) is 94.8 cm³/mol.